The molecule has 1 heterocycles. The van der Waals surface area contributed by atoms with Gasteiger partial charge in [0.05, 0.1) is 0 Å². The van der Waals surface area contributed by atoms with Crippen LogP contribution in [0, 0.1) is 0 Å². The minimum Gasteiger partial charge on any atom is -0.598 e. The Morgan fingerprint density at radius 3 is 2.60 bits per heavy atom. The first kappa shape index (κ1) is 13.5. The third-order valence-corrected chi connectivity index (χ3v) is 5.04. The molecule has 3 N–H and O–H groups in total. The van der Waals surface area contributed by atoms with Crippen LogP contribution >= 0.6 is 27.3 Å². The largest absolute Gasteiger partial charge is 0.598 e. The van der Waals surface area contributed by atoms with Crippen LogP contribution in [0.5, 0.6) is 0 Å². The van der Waals surface area contributed by atoms with E-state index in [1.54, 1.807) is 11.3 Å². The Hall–Kier alpha value is 0.410. The van der Waals surface area contributed by atoms with Gasteiger partial charge in [0.25, 0.3) is 0 Å². The van der Waals surface area contributed by atoms with Crippen molar-refractivity contribution in [2.45, 2.75) is 31.7 Å². The molecule has 0 unspecified atom stereocenters. The standard InChI is InChI=1S/C9H15BrN2OS2/c1-9(2,3)15(13)12-8(11)7-4-6(10)5-14-7/h4-5,8,12H,11H2,1-3H3/t8-,15+/m0/s1. The molecule has 0 aliphatic heterocycles. The van der Waals surface area contributed by atoms with Gasteiger partial charge in [-0.15, -0.1) is 16.1 Å². The summed E-state index contributed by atoms with van der Waals surface area (Å²) in [5.74, 6) is 0. The highest BCUT2D eigenvalue weighted by molar-refractivity contribution is 9.10. The van der Waals surface area contributed by atoms with Crippen LogP contribution in [0.25, 0.3) is 0 Å². The number of nitrogens with two attached hydrogens (primary N) is 1. The van der Waals surface area contributed by atoms with Crippen LogP contribution in [-0.2, 0) is 11.4 Å². The molecule has 0 aliphatic carbocycles. The quantitative estimate of drug-likeness (QED) is 0.666. The Morgan fingerprint density at radius 2 is 2.20 bits per heavy atom. The third kappa shape index (κ3) is 4.05. The second kappa shape index (κ2) is 5.16. The molecule has 3 nitrogen and oxygen atoms in total. The van der Waals surface area contributed by atoms with E-state index in [-0.39, 0.29) is 10.9 Å². The zero-order chi connectivity index (χ0) is 11.6. The van der Waals surface area contributed by atoms with Crippen LogP contribution in [0.15, 0.2) is 15.9 Å². The van der Waals surface area contributed by atoms with E-state index in [0.717, 1.165) is 9.35 Å². The average Bonchev–Trinajstić information content (AvgIpc) is 2.50. The molecular formula is C9H15BrN2OS2. The Bertz CT molecular complexity index is 324. The van der Waals surface area contributed by atoms with Crippen molar-refractivity contribution in [3.63, 3.8) is 0 Å². The Balaban J connectivity index is 2.60. The maximum absolute atomic E-state index is 11.8. The van der Waals surface area contributed by atoms with Crippen LogP contribution in [0.4, 0.5) is 0 Å². The van der Waals surface area contributed by atoms with Gasteiger partial charge in [0.2, 0.25) is 0 Å². The fourth-order valence-electron chi connectivity index (χ4n) is 0.842. The topological polar surface area (TPSA) is 61.1 Å². The molecule has 1 aromatic heterocycles. The lowest BCUT2D eigenvalue weighted by Gasteiger charge is -2.25. The summed E-state index contributed by atoms with van der Waals surface area (Å²) in [7, 11) is 0. The lowest BCUT2D eigenvalue weighted by atomic mass is 10.3. The summed E-state index contributed by atoms with van der Waals surface area (Å²) in [6.07, 6.45) is -0.374. The average molecular weight is 311 g/mol. The maximum atomic E-state index is 11.8. The first-order valence-corrected chi connectivity index (χ1v) is 7.30. The fraction of sp³-hybridized carbons (Fsp3) is 0.556. The van der Waals surface area contributed by atoms with Gasteiger partial charge in [-0.2, -0.15) is 0 Å². The number of nitrogens with one attached hydrogen (secondary N) is 1. The third-order valence-electron chi connectivity index (χ3n) is 1.68. The molecule has 0 aromatic carbocycles. The number of rotatable bonds is 3. The Morgan fingerprint density at radius 1 is 1.60 bits per heavy atom. The monoisotopic (exact) mass is 310 g/mol. The SMILES string of the molecule is CC(C)(C)[S@@+]([O-])N[C@H](N)c1cc(Br)cs1. The van der Waals surface area contributed by atoms with E-state index in [1.807, 2.05) is 32.2 Å². The van der Waals surface area contributed by atoms with E-state index in [9.17, 15) is 4.55 Å². The molecular weight excluding hydrogens is 296 g/mol. The zero-order valence-electron chi connectivity index (χ0n) is 8.91. The summed E-state index contributed by atoms with van der Waals surface area (Å²) in [5, 5.41) is 1.96. The van der Waals surface area contributed by atoms with E-state index in [0.29, 0.717) is 0 Å². The molecule has 0 fully saturated rings. The predicted molar refractivity (Wildman–Crippen MR) is 70.0 cm³/mol. The van der Waals surface area contributed by atoms with Gasteiger partial charge in [-0.3, -0.25) is 0 Å². The first-order valence-electron chi connectivity index (χ1n) is 4.48. The van der Waals surface area contributed by atoms with Crippen molar-refractivity contribution in [1.29, 1.82) is 0 Å². The number of hydrogen-bond acceptors (Lipinski definition) is 4. The summed E-state index contributed by atoms with van der Waals surface area (Å²) >= 11 is 3.76. The summed E-state index contributed by atoms with van der Waals surface area (Å²) in [6.45, 7) is 5.73. The molecule has 1 rings (SSSR count). The van der Waals surface area contributed by atoms with Gasteiger partial charge < -0.3 is 10.3 Å². The second-order valence-corrected chi connectivity index (χ2v) is 8.00. The zero-order valence-corrected chi connectivity index (χ0v) is 12.1. The van der Waals surface area contributed by atoms with Gasteiger partial charge in [0, 0.05) is 26.1 Å². The molecule has 2 atom stereocenters. The highest BCUT2D eigenvalue weighted by Crippen LogP contribution is 2.24. The molecule has 0 spiro atoms. The van der Waals surface area contributed by atoms with E-state index in [4.69, 9.17) is 5.73 Å². The maximum Gasteiger partial charge on any atom is 0.137 e. The summed E-state index contributed by atoms with van der Waals surface area (Å²) in [5.41, 5.74) is 5.89. The molecule has 0 bridgehead atoms. The van der Waals surface area contributed by atoms with E-state index >= 15 is 0 Å². The van der Waals surface area contributed by atoms with Crippen molar-refractivity contribution in [1.82, 2.24) is 4.72 Å². The number of halogens is 1. The van der Waals surface area contributed by atoms with Gasteiger partial charge in [-0.05, 0) is 42.8 Å². The van der Waals surface area contributed by atoms with Crippen molar-refractivity contribution in [2.75, 3.05) is 0 Å². The smallest absolute Gasteiger partial charge is 0.137 e. The van der Waals surface area contributed by atoms with Gasteiger partial charge in [0.1, 0.15) is 10.9 Å². The highest BCUT2D eigenvalue weighted by atomic mass is 79.9. The van der Waals surface area contributed by atoms with E-state index < -0.39 is 11.4 Å². The first-order chi connectivity index (χ1) is 6.80. The van der Waals surface area contributed by atoms with E-state index in [2.05, 4.69) is 20.7 Å². The van der Waals surface area contributed by atoms with Crippen molar-refractivity contribution < 1.29 is 4.55 Å². The summed E-state index contributed by atoms with van der Waals surface area (Å²) < 4.78 is 15.4. The molecule has 15 heavy (non-hydrogen) atoms. The fourth-order valence-corrected chi connectivity index (χ4v) is 3.02. The van der Waals surface area contributed by atoms with Gasteiger partial charge in [-0.25, -0.2) is 0 Å². The highest BCUT2D eigenvalue weighted by Gasteiger charge is 2.28. The second-order valence-electron chi connectivity index (χ2n) is 4.14. The normalized spacial score (nSPS) is 16.4. The molecule has 0 saturated carbocycles. The Kier molecular flexibility index (Phi) is 4.64. The summed E-state index contributed by atoms with van der Waals surface area (Å²) in [6, 6.07) is 1.93. The van der Waals surface area contributed by atoms with Crippen molar-refractivity contribution in [3.05, 3.63) is 20.8 Å². The number of thiophene rings is 1. The van der Waals surface area contributed by atoms with Crippen molar-refractivity contribution >= 4 is 38.6 Å². The molecule has 1 aromatic rings. The number of hydrogen-bond donors (Lipinski definition) is 2. The van der Waals surface area contributed by atoms with Gasteiger partial charge >= 0.3 is 0 Å². The lowest BCUT2D eigenvalue weighted by Crippen LogP contribution is -2.43. The summed E-state index contributed by atoms with van der Waals surface area (Å²) in [4.78, 5) is 0.972. The molecule has 0 saturated heterocycles. The molecule has 6 heteroatoms. The molecule has 0 aliphatic rings. The van der Waals surface area contributed by atoms with E-state index in [1.165, 1.54) is 0 Å². The van der Waals surface area contributed by atoms with Crippen molar-refractivity contribution in [3.8, 4) is 0 Å². The van der Waals surface area contributed by atoms with Crippen LogP contribution in [0.1, 0.15) is 31.8 Å². The Labute approximate surface area is 106 Å². The van der Waals surface area contributed by atoms with Crippen LogP contribution < -0.4 is 10.5 Å². The van der Waals surface area contributed by atoms with Gasteiger partial charge in [0.15, 0.2) is 0 Å². The van der Waals surface area contributed by atoms with Crippen LogP contribution in [0.2, 0.25) is 0 Å². The van der Waals surface area contributed by atoms with Crippen LogP contribution in [-0.4, -0.2) is 9.30 Å². The van der Waals surface area contributed by atoms with Crippen LogP contribution in [0.3, 0.4) is 0 Å². The van der Waals surface area contributed by atoms with Crippen molar-refractivity contribution in [2.24, 2.45) is 5.73 Å². The van der Waals surface area contributed by atoms with Gasteiger partial charge in [-0.1, -0.05) is 0 Å². The molecule has 0 amide bonds. The lowest BCUT2D eigenvalue weighted by molar-refractivity contribution is 0.528. The molecule has 86 valence electrons. The minimum absolute atomic E-state index is 0.299. The molecule has 0 radical (unpaired) electrons. The minimum atomic E-state index is -1.14. The predicted octanol–water partition coefficient (Wildman–Crippen LogP) is 2.52.